The van der Waals surface area contributed by atoms with Crippen LogP contribution in [-0.2, 0) is 6.61 Å². The molecule has 2 aromatic heterocycles. The molecule has 0 unspecified atom stereocenters. The highest BCUT2D eigenvalue weighted by Gasteiger charge is 2.12. The molecule has 1 aromatic carbocycles. The first-order valence-electron chi connectivity index (χ1n) is 6.44. The molecule has 106 valence electrons. The van der Waals surface area contributed by atoms with E-state index in [1.54, 1.807) is 12.3 Å². The van der Waals surface area contributed by atoms with E-state index in [1.165, 1.54) is 11.3 Å². The zero-order valence-corrected chi connectivity index (χ0v) is 12.2. The summed E-state index contributed by atoms with van der Waals surface area (Å²) >= 11 is 1.27. The van der Waals surface area contributed by atoms with Crippen molar-refractivity contribution < 1.29 is 14.6 Å². The fourth-order valence-electron chi connectivity index (χ4n) is 2.12. The first-order chi connectivity index (χ1) is 10.1. The molecule has 0 spiro atoms. The molecule has 0 bridgehead atoms. The summed E-state index contributed by atoms with van der Waals surface area (Å²) in [4.78, 5) is 16.6. The van der Waals surface area contributed by atoms with Gasteiger partial charge in [0.25, 0.3) is 0 Å². The van der Waals surface area contributed by atoms with Crippen LogP contribution < -0.4 is 4.74 Å². The van der Waals surface area contributed by atoms with Crippen molar-refractivity contribution in [3.63, 3.8) is 0 Å². The number of nitrogens with zero attached hydrogens (tertiary/aromatic N) is 1. The molecule has 0 aliphatic heterocycles. The SMILES string of the molecule is Cc1sc(C(=O)O)cc1COc1cccc2ncccc12. The summed E-state index contributed by atoms with van der Waals surface area (Å²) in [6, 6.07) is 11.2. The van der Waals surface area contributed by atoms with E-state index in [-0.39, 0.29) is 0 Å². The molecular formula is C16H13NO3S. The van der Waals surface area contributed by atoms with Crippen LogP contribution in [0, 0.1) is 6.92 Å². The van der Waals surface area contributed by atoms with Gasteiger partial charge in [-0.3, -0.25) is 4.98 Å². The molecule has 0 fully saturated rings. The Hall–Kier alpha value is -2.40. The molecule has 0 radical (unpaired) electrons. The molecule has 0 saturated carbocycles. The van der Waals surface area contributed by atoms with Gasteiger partial charge in [0.2, 0.25) is 0 Å². The minimum absolute atomic E-state index is 0.339. The van der Waals surface area contributed by atoms with Crippen molar-refractivity contribution in [3.05, 3.63) is 57.9 Å². The maximum atomic E-state index is 11.0. The van der Waals surface area contributed by atoms with Crippen molar-refractivity contribution in [1.82, 2.24) is 4.98 Å². The zero-order valence-electron chi connectivity index (χ0n) is 11.4. The van der Waals surface area contributed by atoms with Gasteiger partial charge in [0.1, 0.15) is 17.2 Å². The maximum Gasteiger partial charge on any atom is 0.345 e. The van der Waals surface area contributed by atoms with Crippen molar-refractivity contribution in [2.75, 3.05) is 0 Å². The number of ether oxygens (including phenoxy) is 1. The first kappa shape index (κ1) is 13.6. The Morgan fingerprint density at radius 1 is 1.33 bits per heavy atom. The molecule has 0 aliphatic carbocycles. The predicted molar refractivity (Wildman–Crippen MR) is 82.1 cm³/mol. The van der Waals surface area contributed by atoms with Crippen LogP contribution in [0.2, 0.25) is 0 Å². The van der Waals surface area contributed by atoms with E-state index in [1.807, 2.05) is 37.3 Å². The second kappa shape index (κ2) is 5.54. The number of aryl methyl sites for hydroxylation is 1. The second-order valence-electron chi connectivity index (χ2n) is 4.61. The number of fused-ring (bicyclic) bond motifs is 1. The van der Waals surface area contributed by atoms with E-state index in [2.05, 4.69) is 4.98 Å². The van der Waals surface area contributed by atoms with Gasteiger partial charge in [0.05, 0.1) is 5.52 Å². The lowest BCUT2D eigenvalue weighted by atomic mass is 10.2. The molecule has 2 heterocycles. The quantitative estimate of drug-likeness (QED) is 0.794. The highest BCUT2D eigenvalue weighted by atomic mass is 32.1. The average molecular weight is 299 g/mol. The molecule has 1 N–H and O–H groups in total. The Bertz CT molecular complexity index is 805. The van der Waals surface area contributed by atoms with Crippen LogP contribution in [-0.4, -0.2) is 16.1 Å². The van der Waals surface area contributed by atoms with Crippen LogP contribution in [0.3, 0.4) is 0 Å². The third-order valence-electron chi connectivity index (χ3n) is 3.22. The molecular weight excluding hydrogens is 286 g/mol. The van der Waals surface area contributed by atoms with E-state index >= 15 is 0 Å². The molecule has 5 heteroatoms. The smallest absolute Gasteiger partial charge is 0.345 e. The van der Waals surface area contributed by atoms with Crippen LogP contribution in [0.4, 0.5) is 0 Å². The molecule has 3 aromatic rings. The largest absolute Gasteiger partial charge is 0.488 e. The number of carboxylic acids is 1. The summed E-state index contributed by atoms with van der Waals surface area (Å²) in [5.41, 5.74) is 1.78. The van der Waals surface area contributed by atoms with E-state index in [0.717, 1.165) is 27.1 Å². The van der Waals surface area contributed by atoms with E-state index in [4.69, 9.17) is 9.84 Å². The minimum Gasteiger partial charge on any atom is -0.488 e. The Kier molecular flexibility index (Phi) is 3.58. The molecule has 3 rings (SSSR count). The minimum atomic E-state index is -0.899. The number of hydrogen-bond donors (Lipinski definition) is 1. The molecule has 0 saturated heterocycles. The third-order valence-corrected chi connectivity index (χ3v) is 4.30. The Morgan fingerprint density at radius 2 is 2.19 bits per heavy atom. The number of thiophene rings is 1. The van der Waals surface area contributed by atoms with Crippen LogP contribution in [0.5, 0.6) is 5.75 Å². The van der Waals surface area contributed by atoms with Crippen molar-refractivity contribution in [1.29, 1.82) is 0 Å². The topological polar surface area (TPSA) is 59.4 Å². The monoisotopic (exact) mass is 299 g/mol. The number of hydrogen-bond acceptors (Lipinski definition) is 4. The van der Waals surface area contributed by atoms with Crippen LogP contribution in [0.15, 0.2) is 42.6 Å². The van der Waals surface area contributed by atoms with Gasteiger partial charge in [-0.15, -0.1) is 11.3 Å². The van der Waals surface area contributed by atoms with E-state index in [9.17, 15) is 4.79 Å². The fraction of sp³-hybridized carbons (Fsp3) is 0.125. The molecule has 0 amide bonds. The number of benzene rings is 1. The number of aromatic carboxylic acids is 1. The van der Waals surface area contributed by atoms with Gasteiger partial charge in [-0.1, -0.05) is 6.07 Å². The molecule has 0 atom stereocenters. The number of rotatable bonds is 4. The summed E-state index contributed by atoms with van der Waals surface area (Å²) in [5.74, 6) is -0.146. The van der Waals surface area contributed by atoms with Gasteiger partial charge < -0.3 is 9.84 Å². The predicted octanol–water partition coefficient (Wildman–Crippen LogP) is 3.88. The van der Waals surface area contributed by atoms with Crippen molar-refractivity contribution >= 4 is 28.2 Å². The Labute approximate surface area is 125 Å². The van der Waals surface area contributed by atoms with Crippen molar-refractivity contribution in [2.45, 2.75) is 13.5 Å². The Morgan fingerprint density at radius 3 is 2.95 bits per heavy atom. The summed E-state index contributed by atoms with van der Waals surface area (Å²) in [6.45, 7) is 2.25. The molecule has 21 heavy (non-hydrogen) atoms. The molecule has 4 nitrogen and oxygen atoms in total. The third kappa shape index (κ3) is 2.73. The van der Waals surface area contributed by atoms with Crippen molar-refractivity contribution in [2.24, 2.45) is 0 Å². The summed E-state index contributed by atoms with van der Waals surface area (Å²) in [7, 11) is 0. The highest BCUT2D eigenvalue weighted by molar-refractivity contribution is 7.14. The van der Waals surface area contributed by atoms with Gasteiger partial charge in [-0.2, -0.15) is 0 Å². The van der Waals surface area contributed by atoms with Gasteiger partial charge in [0.15, 0.2) is 0 Å². The standard InChI is InChI=1S/C16H13NO3S/c1-10-11(8-15(21-10)16(18)19)9-20-14-6-2-5-13-12(14)4-3-7-17-13/h2-8H,9H2,1H3,(H,18,19). The summed E-state index contributed by atoms with van der Waals surface area (Å²) in [5, 5.41) is 9.96. The van der Waals surface area contributed by atoms with Crippen LogP contribution >= 0.6 is 11.3 Å². The molecule has 0 aliphatic rings. The maximum absolute atomic E-state index is 11.0. The fourth-order valence-corrected chi connectivity index (χ4v) is 2.99. The van der Waals surface area contributed by atoms with Gasteiger partial charge in [0, 0.05) is 22.0 Å². The zero-order chi connectivity index (χ0) is 14.8. The van der Waals surface area contributed by atoms with Crippen molar-refractivity contribution in [3.8, 4) is 5.75 Å². The number of pyridine rings is 1. The van der Waals surface area contributed by atoms with E-state index < -0.39 is 5.97 Å². The highest BCUT2D eigenvalue weighted by Crippen LogP contribution is 2.27. The lowest BCUT2D eigenvalue weighted by Gasteiger charge is -2.08. The average Bonchev–Trinajstić information content (AvgIpc) is 2.86. The Balaban J connectivity index is 1.85. The number of carbonyl (C=O) groups is 1. The summed E-state index contributed by atoms with van der Waals surface area (Å²) < 4.78 is 5.85. The lowest BCUT2D eigenvalue weighted by Crippen LogP contribution is -1.97. The van der Waals surface area contributed by atoms with Gasteiger partial charge >= 0.3 is 5.97 Å². The summed E-state index contributed by atoms with van der Waals surface area (Å²) in [6.07, 6.45) is 1.74. The van der Waals surface area contributed by atoms with Crippen LogP contribution in [0.1, 0.15) is 20.1 Å². The van der Waals surface area contributed by atoms with Crippen LogP contribution in [0.25, 0.3) is 10.9 Å². The van der Waals surface area contributed by atoms with Gasteiger partial charge in [-0.25, -0.2) is 4.79 Å². The number of aromatic nitrogens is 1. The second-order valence-corrected chi connectivity index (χ2v) is 5.87. The first-order valence-corrected chi connectivity index (χ1v) is 7.26. The van der Waals surface area contributed by atoms with Gasteiger partial charge in [-0.05, 0) is 37.3 Å². The number of carboxylic acid groups (broad SMARTS) is 1. The van der Waals surface area contributed by atoms with E-state index in [0.29, 0.717) is 11.5 Å². The lowest BCUT2D eigenvalue weighted by molar-refractivity contribution is 0.0702. The normalized spacial score (nSPS) is 10.7.